The van der Waals surface area contributed by atoms with Crippen molar-refractivity contribution in [1.29, 1.82) is 0 Å². The molecule has 0 saturated heterocycles. The van der Waals surface area contributed by atoms with Gasteiger partial charge in [0.15, 0.2) is 5.69 Å². The third kappa shape index (κ3) is 4.89. The van der Waals surface area contributed by atoms with E-state index in [1.54, 1.807) is 31.2 Å². The topological polar surface area (TPSA) is 136 Å². The second-order valence-electron chi connectivity index (χ2n) is 8.96. The minimum Gasteiger partial charge on any atom is -0.383 e. The lowest BCUT2D eigenvalue weighted by Crippen LogP contribution is -2.45. The second-order valence-corrected chi connectivity index (χ2v) is 8.96. The van der Waals surface area contributed by atoms with E-state index in [-0.39, 0.29) is 48.5 Å². The molecule has 10 nitrogen and oxygen atoms in total. The van der Waals surface area contributed by atoms with Gasteiger partial charge in [-0.1, -0.05) is 39.8 Å². The predicted octanol–water partition coefficient (Wildman–Crippen LogP) is 1.48. The number of para-hydroxylation sites is 1. The molecule has 0 aliphatic rings. The van der Waals surface area contributed by atoms with Gasteiger partial charge in [0.05, 0.1) is 10.9 Å². The normalized spacial score (nSPS) is 11.5. The summed E-state index contributed by atoms with van der Waals surface area (Å²) in [6.45, 7) is 9.40. The number of fused-ring (bicyclic) bond motifs is 1. The molecule has 2 aromatic heterocycles. The van der Waals surface area contributed by atoms with E-state index in [1.165, 1.54) is 14.0 Å². The SMILES string of the molecule is Cc1nc2ccccc2c(=O)n1CC(=O)N(CC(C)C)c1c(N)n(CC(C)C)c(=O)[nH]c1=O. The van der Waals surface area contributed by atoms with Crippen LogP contribution in [0.2, 0.25) is 0 Å². The van der Waals surface area contributed by atoms with Gasteiger partial charge in [-0.05, 0) is 30.9 Å². The van der Waals surface area contributed by atoms with E-state index in [9.17, 15) is 19.2 Å². The van der Waals surface area contributed by atoms with Crippen LogP contribution in [0.1, 0.15) is 33.5 Å². The molecule has 33 heavy (non-hydrogen) atoms. The second kappa shape index (κ2) is 9.43. The highest BCUT2D eigenvalue weighted by Gasteiger charge is 2.26. The number of amides is 1. The zero-order chi connectivity index (χ0) is 24.4. The molecule has 0 aliphatic carbocycles. The molecule has 2 heterocycles. The van der Waals surface area contributed by atoms with Gasteiger partial charge >= 0.3 is 5.69 Å². The van der Waals surface area contributed by atoms with E-state index in [0.717, 1.165) is 0 Å². The maximum Gasteiger partial charge on any atom is 0.330 e. The van der Waals surface area contributed by atoms with Gasteiger partial charge in [0.2, 0.25) is 5.91 Å². The first-order chi connectivity index (χ1) is 15.5. The summed E-state index contributed by atoms with van der Waals surface area (Å²) in [5.41, 5.74) is 4.98. The van der Waals surface area contributed by atoms with Crippen molar-refractivity contribution in [2.24, 2.45) is 11.8 Å². The van der Waals surface area contributed by atoms with Gasteiger partial charge < -0.3 is 10.6 Å². The van der Waals surface area contributed by atoms with Gasteiger partial charge in [-0.2, -0.15) is 0 Å². The number of hydrogen-bond donors (Lipinski definition) is 2. The highest BCUT2D eigenvalue weighted by atomic mass is 16.2. The van der Waals surface area contributed by atoms with Crippen molar-refractivity contribution in [3.8, 4) is 0 Å². The standard InChI is InChI=1S/C23H30N6O4/c1-13(2)10-28(19-20(24)29(11-14(3)4)23(33)26-21(19)31)18(30)12-27-15(5)25-17-9-7-6-8-16(17)22(27)32/h6-9,13-14H,10-12,24H2,1-5H3,(H,26,31,33). The van der Waals surface area contributed by atoms with Crippen molar-refractivity contribution in [2.75, 3.05) is 17.2 Å². The number of nitrogen functional groups attached to an aromatic ring is 1. The molecule has 1 amide bonds. The molecule has 10 heteroatoms. The maximum absolute atomic E-state index is 13.5. The van der Waals surface area contributed by atoms with Crippen LogP contribution in [0.25, 0.3) is 10.9 Å². The zero-order valence-electron chi connectivity index (χ0n) is 19.6. The Hall–Kier alpha value is -3.69. The van der Waals surface area contributed by atoms with E-state index < -0.39 is 17.2 Å². The summed E-state index contributed by atoms with van der Waals surface area (Å²) in [6, 6.07) is 6.91. The molecule has 0 radical (unpaired) electrons. The Morgan fingerprint density at radius 3 is 2.39 bits per heavy atom. The fourth-order valence-electron chi connectivity index (χ4n) is 3.75. The van der Waals surface area contributed by atoms with Crippen LogP contribution >= 0.6 is 0 Å². The first kappa shape index (κ1) is 24.0. The van der Waals surface area contributed by atoms with Crippen molar-refractivity contribution >= 4 is 28.3 Å². The number of benzene rings is 1. The van der Waals surface area contributed by atoms with Crippen molar-refractivity contribution in [1.82, 2.24) is 19.1 Å². The molecule has 0 aliphatic heterocycles. The number of nitrogens with two attached hydrogens (primary N) is 1. The summed E-state index contributed by atoms with van der Waals surface area (Å²) in [7, 11) is 0. The number of aryl methyl sites for hydroxylation is 1. The van der Waals surface area contributed by atoms with Crippen LogP contribution in [0.15, 0.2) is 38.6 Å². The van der Waals surface area contributed by atoms with E-state index in [4.69, 9.17) is 5.73 Å². The van der Waals surface area contributed by atoms with Gasteiger partial charge in [0.1, 0.15) is 18.2 Å². The minimum atomic E-state index is -0.743. The van der Waals surface area contributed by atoms with Crippen LogP contribution in [-0.2, 0) is 17.9 Å². The summed E-state index contributed by atoms with van der Waals surface area (Å²) in [5.74, 6) is -0.123. The molecular formula is C23H30N6O4. The maximum atomic E-state index is 13.5. The molecule has 0 saturated carbocycles. The molecular weight excluding hydrogens is 424 g/mol. The zero-order valence-corrected chi connectivity index (χ0v) is 19.6. The van der Waals surface area contributed by atoms with Crippen LogP contribution in [0.3, 0.4) is 0 Å². The number of aromatic amines is 1. The quantitative estimate of drug-likeness (QED) is 0.555. The van der Waals surface area contributed by atoms with E-state index in [0.29, 0.717) is 16.7 Å². The Labute approximate surface area is 190 Å². The molecule has 176 valence electrons. The molecule has 3 rings (SSSR count). The number of nitrogens with zero attached hydrogens (tertiary/aromatic N) is 4. The van der Waals surface area contributed by atoms with Crippen LogP contribution < -0.4 is 27.4 Å². The van der Waals surface area contributed by atoms with Gasteiger partial charge in [0.25, 0.3) is 11.1 Å². The van der Waals surface area contributed by atoms with Gasteiger partial charge in [-0.15, -0.1) is 0 Å². The first-order valence-corrected chi connectivity index (χ1v) is 10.9. The van der Waals surface area contributed by atoms with Gasteiger partial charge in [-0.3, -0.25) is 28.5 Å². The van der Waals surface area contributed by atoms with E-state index >= 15 is 0 Å². The molecule has 3 N–H and O–H groups in total. The summed E-state index contributed by atoms with van der Waals surface area (Å²) in [4.78, 5) is 59.6. The summed E-state index contributed by atoms with van der Waals surface area (Å²) >= 11 is 0. The van der Waals surface area contributed by atoms with Gasteiger partial charge in [0, 0.05) is 13.1 Å². The van der Waals surface area contributed by atoms with Crippen LogP contribution in [-0.4, -0.2) is 31.6 Å². The number of rotatable bonds is 7. The van der Waals surface area contributed by atoms with E-state index in [2.05, 4.69) is 9.97 Å². The molecule has 1 aromatic carbocycles. The third-order valence-corrected chi connectivity index (χ3v) is 5.23. The number of H-pyrrole nitrogens is 1. The molecule has 0 fully saturated rings. The summed E-state index contributed by atoms with van der Waals surface area (Å²) in [5, 5.41) is 0.397. The largest absolute Gasteiger partial charge is 0.383 e. The van der Waals surface area contributed by atoms with E-state index in [1.807, 2.05) is 27.7 Å². The number of carbonyl (C=O) groups is 1. The fourth-order valence-corrected chi connectivity index (χ4v) is 3.75. The number of nitrogens with one attached hydrogen (secondary N) is 1. The molecule has 3 aromatic rings. The summed E-state index contributed by atoms with van der Waals surface area (Å²) < 4.78 is 2.55. The Morgan fingerprint density at radius 1 is 1.09 bits per heavy atom. The minimum absolute atomic E-state index is 0.00854. The highest BCUT2D eigenvalue weighted by Crippen LogP contribution is 2.20. The van der Waals surface area contributed by atoms with Crippen LogP contribution in [0.4, 0.5) is 11.5 Å². The third-order valence-electron chi connectivity index (χ3n) is 5.23. The Bertz CT molecular complexity index is 1370. The molecule has 0 unspecified atom stereocenters. The van der Waals surface area contributed by atoms with Crippen molar-refractivity contribution in [3.05, 3.63) is 61.3 Å². The highest BCUT2D eigenvalue weighted by molar-refractivity contribution is 5.95. The van der Waals surface area contributed by atoms with Crippen molar-refractivity contribution in [3.63, 3.8) is 0 Å². The summed E-state index contributed by atoms with van der Waals surface area (Å²) in [6.07, 6.45) is 0. The monoisotopic (exact) mass is 454 g/mol. The lowest BCUT2D eigenvalue weighted by atomic mass is 10.2. The number of carbonyl (C=O) groups excluding carboxylic acids is 1. The van der Waals surface area contributed by atoms with Crippen LogP contribution in [0, 0.1) is 18.8 Å². The Balaban J connectivity index is 2.11. The van der Waals surface area contributed by atoms with Gasteiger partial charge in [-0.25, -0.2) is 9.78 Å². The number of aromatic nitrogens is 4. The van der Waals surface area contributed by atoms with Crippen molar-refractivity contribution in [2.45, 2.75) is 47.7 Å². The van der Waals surface area contributed by atoms with Crippen molar-refractivity contribution < 1.29 is 4.79 Å². The molecule has 0 atom stereocenters. The smallest absolute Gasteiger partial charge is 0.330 e. The lowest BCUT2D eigenvalue weighted by molar-refractivity contribution is -0.119. The molecule has 0 bridgehead atoms. The average molecular weight is 455 g/mol. The number of hydrogen-bond acceptors (Lipinski definition) is 6. The number of anilines is 2. The lowest BCUT2D eigenvalue weighted by Gasteiger charge is -2.27. The Kier molecular flexibility index (Phi) is 6.85. The van der Waals surface area contributed by atoms with Crippen LogP contribution in [0.5, 0.6) is 0 Å². The first-order valence-electron chi connectivity index (χ1n) is 10.9. The fraction of sp³-hybridized carbons (Fsp3) is 0.435. The molecule has 0 spiro atoms. The Morgan fingerprint density at radius 2 is 1.76 bits per heavy atom. The average Bonchev–Trinajstić information content (AvgIpc) is 2.72. The predicted molar refractivity (Wildman–Crippen MR) is 129 cm³/mol.